The topological polar surface area (TPSA) is 62.1 Å². The Bertz CT molecular complexity index is 620. The zero-order chi connectivity index (χ0) is 12.5. The third-order valence-electron chi connectivity index (χ3n) is 3.70. The van der Waals surface area contributed by atoms with Crippen molar-refractivity contribution in [1.82, 2.24) is 4.98 Å². The van der Waals surface area contributed by atoms with Gasteiger partial charge in [-0.3, -0.25) is 4.79 Å². The summed E-state index contributed by atoms with van der Waals surface area (Å²) in [5.41, 5.74) is 5.76. The maximum absolute atomic E-state index is 12.0. The molecule has 3 rings (SSSR count). The minimum Gasteiger partial charge on any atom is -0.354 e. The van der Waals surface area contributed by atoms with Crippen molar-refractivity contribution < 1.29 is 0 Å². The number of hydrogen-bond acceptors (Lipinski definition) is 3. The van der Waals surface area contributed by atoms with Crippen LogP contribution in [-0.2, 0) is 0 Å². The van der Waals surface area contributed by atoms with E-state index in [1.807, 2.05) is 30.3 Å². The molecule has 0 aliphatic carbocycles. The summed E-state index contributed by atoms with van der Waals surface area (Å²) in [6, 6.07) is 10.1. The highest BCUT2D eigenvalue weighted by molar-refractivity contribution is 5.83. The number of nitrogens with two attached hydrogens (primary N) is 1. The van der Waals surface area contributed by atoms with Crippen molar-refractivity contribution in [2.45, 2.75) is 18.9 Å². The highest BCUT2D eigenvalue weighted by Crippen LogP contribution is 2.24. The van der Waals surface area contributed by atoms with E-state index in [0.717, 1.165) is 36.0 Å². The number of pyridine rings is 1. The Morgan fingerprint density at radius 1 is 1.39 bits per heavy atom. The van der Waals surface area contributed by atoms with Crippen LogP contribution in [0.25, 0.3) is 10.8 Å². The van der Waals surface area contributed by atoms with Gasteiger partial charge in [0.1, 0.15) is 5.82 Å². The second-order valence-electron chi connectivity index (χ2n) is 4.80. The van der Waals surface area contributed by atoms with E-state index in [1.54, 1.807) is 0 Å². The molecule has 1 aliphatic rings. The molecule has 1 atom stereocenters. The van der Waals surface area contributed by atoms with Crippen LogP contribution in [0, 0.1) is 0 Å². The molecule has 1 fully saturated rings. The number of anilines is 1. The van der Waals surface area contributed by atoms with Crippen molar-refractivity contribution in [3.63, 3.8) is 0 Å². The van der Waals surface area contributed by atoms with Crippen LogP contribution >= 0.6 is 0 Å². The van der Waals surface area contributed by atoms with Gasteiger partial charge < -0.3 is 15.6 Å². The predicted molar refractivity (Wildman–Crippen MR) is 74.0 cm³/mol. The monoisotopic (exact) mass is 243 g/mol. The Morgan fingerprint density at radius 3 is 3.06 bits per heavy atom. The molecule has 1 saturated heterocycles. The fourth-order valence-electron chi connectivity index (χ4n) is 2.75. The van der Waals surface area contributed by atoms with Gasteiger partial charge >= 0.3 is 0 Å². The highest BCUT2D eigenvalue weighted by Gasteiger charge is 2.24. The SMILES string of the molecule is NCC1CCCN1c1cc2ccccc2c(=O)[nH]1. The lowest BCUT2D eigenvalue weighted by Crippen LogP contribution is -2.36. The Kier molecular flexibility index (Phi) is 2.80. The molecule has 4 nitrogen and oxygen atoms in total. The van der Waals surface area contributed by atoms with E-state index in [2.05, 4.69) is 9.88 Å². The number of aromatic amines is 1. The third kappa shape index (κ3) is 1.78. The van der Waals surface area contributed by atoms with Crippen molar-refractivity contribution in [1.29, 1.82) is 0 Å². The highest BCUT2D eigenvalue weighted by atomic mass is 16.1. The first-order valence-corrected chi connectivity index (χ1v) is 6.38. The molecule has 94 valence electrons. The van der Waals surface area contributed by atoms with Crippen LogP contribution in [-0.4, -0.2) is 24.1 Å². The quantitative estimate of drug-likeness (QED) is 0.839. The van der Waals surface area contributed by atoms with E-state index >= 15 is 0 Å². The molecule has 0 bridgehead atoms. The molecule has 2 aromatic rings. The van der Waals surface area contributed by atoms with E-state index in [9.17, 15) is 4.79 Å². The lowest BCUT2D eigenvalue weighted by molar-refractivity contribution is 0.671. The standard InChI is InChI=1S/C14H17N3O/c15-9-11-5-3-7-17(11)13-8-10-4-1-2-6-12(10)14(18)16-13/h1-2,4,6,8,11H,3,5,7,9,15H2,(H,16,18). The molecule has 0 radical (unpaired) electrons. The van der Waals surface area contributed by atoms with Crippen molar-refractivity contribution in [3.05, 3.63) is 40.7 Å². The number of aromatic nitrogens is 1. The Labute approximate surface area is 105 Å². The maximum Gasteiger partial charge on any atom is 0.257 e. The van der Waals surface area contributed by atoms with Gasteiger partial charge in [-0.2, -0.15) is 0 Å². The summed E-state index contributed by atoms with van der Waals surface area (Å²) >= 11 is 0. The van der Waals surface area contributed by atoms with Crippen LogP contribution < -0.4 is 16.2 Å². The van der Waals surface area contributed by atoms with Crippen LogP contribution in [0.4, 0.5) is 5.82 Å². The van der Waals surface area contributed by atoms with Crippen molar-refractivity contribution in [3.8, 4) is 0 Å². The number of benzene rings is 1. The Morgan fingerprint density at radius 2 is 2.22 bits per heavy atom. The molecule has 0 saturated carbocycles. The first-order valence-electron chi connectivity index (χ1n) is 6.38. The molecule has 0 amide bonds. The Hall–Kier alpha value is -1.81. The van der Waals surface area contributed by atoms with Gasteiger partial charge in [0.25, 0.3) is 5.56 Å². The summed E-state index contributed by atoms with van der Waals surface area (Å²) in [6.45, 7) is 1.60. The molecule has 0 spiro atoms. The van der Waals surface area contributed by atoms with Crippen molar-refractivity contribution in [2.24, 2.45) is 5.73 Å². The van der Waals surface area contributed by atoms with Crippen molar-refractivity contribution in [2.75, 3.05) is 18.0 Å². The van der Waals surface area contributed by atoms with Crippen LogP contribution in [0.1, 0.15) is 12.8 Å². The van der Waals surface area contributed by atoms with E-state index in [4.69, 9.17) is 5.73 Å². The number of nitrogens with one attached hydrogen (secondary N) is 1. The Balaban J connectivity index is 2.10. The zero-order valence-corrected chi connectivity index (χ0v) is 10.2. The first kappa shape index (κ1) is 11.3. The van der Waals surface area contributed by atoms with Gasteiger partial charge in [-0.1, -0.05) is 18.2 Å². The summed E-state index contributed by atoms with van der Waals surface area (Å²) in [7, 11) is 0. The van der Waals surface area contributed by atoms with E-state index in [0.29, 0.717) is 12.6 Å². The normalized spacial score (nSPS) is 19.6. The molecule has 4 heteroatoms. The maximum atomic E-state index is 12.0. The summed E-state index contributed by atoms with van der Waals surface area (Å²) < 4.78 is 0. The fourth-order valence-corrected chi connectivity index (χ4v) is 2.75. The molecule has 1 aliphatic heterocycles. The molecule has 1 unspecified atom stereocenters. The van der Waals surface area contributed by atoms with E-state index in [1.165, 1.54) is 0 Å². The molecule has 1 aromatic heterocycles. The van der Waals surface area contributed by atoms with Crippen LogP contribution in [0.3, 0.4) is 0 Å². The first-order chi connectivity index (χ1) is 8.79. The zero-order valence-electron chi connectivity index (χ0n) is 10.2. The second kappa shape index (κ2) is 4.46. The smallest absolute Gasteiger partial charge is 0.257 e. The molecular weight excluding hydrogens is 226 g/mol. The number of nitrogens with zero attached hydrogens (tertiary/aromatic N) is 1. The summed E-state index contributed by atoms with van der Waals surface area (Å²) in [5, 5.41) is 1.73. The summed E-state index contributed by atoms with van der Waals surface area (Å²) in [6.07, 6.45) is 2.24. The molecular formula is C14H17N3O. The molecule has 3 N–H and O–H groups in total. The average molecular weight is 243 g/mol. The molecule has 18 heavy (non-hydrogen) atoms. The largest absolute Gasteiger partial charge is 0.354 e. The lowest BCUT2D eigenvalue weighted by Gasteiger charge is -2.25. The number of H-pyrrole nitrogens is 1. The summed E-state index contributed by atoms with van der Waals surface area (Å²) in [5.74, 6) is 0.895. The van der Waals surface area contributed by atoms with Gasteiger partial charge in [-0.25, -0.2) is 0 Å². The van der Waals surface area contributed by atoms with Gasteiger partial charge in [0, 0.05) is 24.5 Å². The predicted octanol–water partition coefficient (Wildman–Crippen LogP) is 1.46. The minimum atomic E-state index is -0.0224. The fraction of sp³-hybridized carbons (Fsp3) is 0.357. The van der Waals surface area contributed by atoms with Gasteiger partial charge in [-0.05, 0) is 30.4 Å². The second-order valence-corrected chi connectivity index (χ2v) is 4.80. The van der Waals surface area contributed by atoms with Gasteiger partial charge in [-0.15, -0.1) is 0 Å². The minimum absolute atomic E-state index is 0.0224. The van der Waals surface area contributed by atoms with Crippen LogP contribution in [0.2, 0.25) is 0 Å². The molecule has 2 heterocycles. The average Bonchev–Trinajstić information content (AvgIpc) is 2.87. The number of fused-ring (bicyclic) bond motifs is 1. The third-order valence-corrected chi connectivity index (χ3v) is 3.70. The van der Waals surface area contributed by atoms with Gasteiger partial charge in [0.2, 0.25) is 0 Å². The summed E-state index contributed by atoms with van der Waals surface area (Å²) in [4.78, 5) is 17.2. The number of rotatable bonds is 2. The van der Waals surface area contributed by atoms with E-state index in [-0.39, 0.29) is 5.56 Å². The van der Waals surface area contributed by atoms with Crippen molar-refractivity contribution >= 4 is 16.6 Å². The molecule has 1 aromatic carbocycles. The lowest BCUT2D eigenvalue weighted by atomic mass is 10.1. The van der Waals surface area contributed by atoms with Crippen LogP contribution in [0.5, 0.6) is 0 Å². The van der Waals surface area contributed by atoms with Gasteiger partial charge in [0.15, 0.2) is 0 Å². The number of hydrogen-bond donors (Lipinski definition) is 2. The van der Waals surface area contributed by atoms with Crippen LogP contribution in [0.15, 0.2) is 35.1 Å². The van der Waals surface area contributed by atoms with E-state index < -0.39 is 0 Å². The van der Waals surface area contributed by atoms with Gasteiger partial charge in [0.05, 0.1) is 0 Å².